The minimum Gasteiger partial charge on any atom is -0.351 e. The van der Waals surface area contributed by atoms with Crippen molar-refractivity contribution in [3.63, 3.8) is 0 Å². The number of fused-ring (bicyclic) bond motifs is 1. The van der Waals surface area contributed by atoms with Crippen LogP contribution in [0, 0.1) is 5.41 Å². The normalized spacial score (nSPS) is 17.8. The van der Waals surface area contributed by atoms with Gasteiger partial charge in [-0.05, 0) is 24.3 Å². The van der Waals surface area contributed by atoms with Gasteiger partial charge in [0.15, 0.2) is 5.78 Å². The number of Topliss-reactive ketones (excluding diaryl/α,β-unsaturated/α-hetero) is 1. The molecule has 0 radical (unpaired) electrons. The monoisotopic (exact) mass is 247 g/mol. The SMILES string of the molecule is CCCCCCn1ccc2c1CC(C)(C)CC2=O. The summed E-state index contributed by atoms with van der Waals surface area (Å²) in [6, 6.07) is 2.02. The van der Waals surface area contributed by atoms with Crippen molar-refractivity contribution in [3.8, 4) is 0 Å². The molecule has 1 aliphatic rings. The van der Waals surface area contributed by atoms with Gasteiger partial charge in [-0.3, -0.25) is 4.79 Å². The first-order valence-corrected chi connectivity index (χ1v) is 7.25. The molecule has 0 spiro atoms. The topological polar surface area (TPSA) is 22.0 Å². The number of rotatable bonds is 5. The average Bonchev–Trinajstić information content (AvgIpc) is 2.66. The largest absolute Gasteiger partial charge is 0.351 e. The summed E-state index contributed by atoms with van der Waals surface area (Å²) in [6.45, 7) is 7.70. The zero-order valence-corrected chi connectivity index (χ0v) is 12.0. The van der Waals surface area contributed by atoms with E-state index in [1.807, 2.05) is 6.07 Å². The lowest BCUT2D eigenvalue weighted by Gasteiger charge is -2.29. The van der Waals surface area contributed by atoms with Crippen LogP contribution in [0.3, 0.4) is 0 Å². The lowest BCUT2D eigenvalue weighted by Crippen LogP contribution is -2.28. The van der Waals surface area contributed by atoms with Gasteiger partial charge in [-0.25, -0.2) is 0 Å². The molecule has 0 fully saturated rings. The molecule has 1 heterocycles. The molecule has 1 aromatic heterocycles. The first kappa shape index (κ1) is 13.4. The lowest BCUT2D eigenvalue weighted by atomic mass is 9.76. The van der Waals surface area contributed by atoms with Gasteiger partial charge in [0.2, 0.25) is 0 Å². The van der Waals surface area contributed by atoms with E-state index < -0.39 is 0 Å². The Morgan fingerprint density at radius 1 is 1.22 bits per heavy atom. The number of aromatic nitrogens is 1. The van der Waals surface area contributed by atoms with Gasteiger partial charge in [0, 0.05) is 30.4 Å². The number of hydrogen-bond donors (Lipinski definition) is 0. The van der Waals surface area contributed by atoms with Gasteiger partial charge in [-0.15, -0.1) is 0 Å². The molecule has 0 unspecified atom stereocenters. The number of ketones is 1. The second-order valence-corrected chi connectivity index (χ2v) is 6.37. The van der Waals surface area contributed by atoms with Crippen molar-refractivity contribution >= 4 is 5.78 Å². The minimum absolute atomic E-state index is 0.129. The Kier molecular flexibility index (Phi) is 3.94. The zero-order valence-electron chi connectivity index (χ0n) is 12.0. The van der Waals surface area contributed by atoms with E-state index in [0.29, 0.717) is 12.2 Å². The Hall–Kier alpha value is -1.05. The Labute approximate surface area is 110 Å². The fourth-order valence-electron chi connectivity index (χ4n) is 2.92. The smallest absolute Gasteiger partial charge is 0.165 e. The van der Waals surface area contributed by atoms with Crippen LogP contribution >= 0.6 is 0 Å². The Balaban J connectivity index is 2.08. The fourth-order valence-corrected chi connectivity index (χ4v) is 2.92. The number of carbonyl (C=O) groups is 1. The number of unbranched alkanes of at least 4 members (excludes halogenated alkanes) is 3. The molecule has 1 aromatic rings. The molecule has 0 bridgehead atoms. The summed E-state index contributed by atoms with van der Waals surface area (Å²) in [5.41, 5.74) is 2.38. The predicted molar refractivity (Wildman–Crippen MR) is 75.0 cm³/mol. The van der Waals surface area contributed by atoms with Crippen LogP contribution in [0.1, 0.15) is 68.9 Å². The maximum Gasteiger partial charge on any atom is 0.165 e. The van der Waals surface area contributed by atoms with Gasteiger partial charge in [0.05, 0.1) is 0 Å². The van der Waals surface area contributed by atoms with Gasteiger partial charge < -0.3 is 4.57 Å². The van der Waals surface area contributed by atoms with Gasteiger partial charge in [-0.2, -0.15) is 0 Å². The summed E-state index contributed by atoms with van der Waals surface area (Å²) < 4.78 is 2.31. The fraction of sp³-hybridized carbons (Fsp3) is 0.688. The molecule has 0 amide bonds. The van der Waals surface area contributed by atoms with Crippen LogP contribution in [0.15, 0.2) is 12.3 Å². The Morgan fingerprint density at radius 3 is 2.72 bits per heavy atom. The molecule has 100 valence electrons. The summed E-state index contributed by atoms with van der Waals surface area (Å²) >= 11 is 0. The molecule has 2 heteroatoms. The van der Waals surface area contributed by atoms with E-state index in [9.17, 15) is 4.79 Å². The first-order valence-electron chi connectivity index (χ1n) is 7.25. The predicted octanol–water partition coefficient (Wildman–Crippen LogP) is 4.22. The quantitative estimate of drug-likeness (QED) is 0.714. The van der Waals surface area contributed by atoms with Crippen molar-refractivity contribution in [3.05, 3.63) is 23.5 Å². The van der Waals surface area contributed by atoms with Crippen LogP contribution in [-0.2, 0) is 13.0 Å². The maximum atomic E-state index is 12.1. The third-order valence-corrected chi connectivity index (χ3v) is 3.92. The molecule has 0 saturated carbocycles. The lowest BCUT2D eigenvalue weighted by molar-refractivity contribution is 0.0910. The molecule has 1 aliphatic carbocycles. The van der Waals surface area contributed by atoms with Crippen molar-refractivity contribution in [1.29, 1.82) is 0 Å². The van der Waals surface area contributed by atoms with Gasteiger partial charge in [0.25, 0.3) is 0 Å². The van der Waals surface area contributed by atoms with Gasteiger partial charge in [0.1, 0.15) is 0 Å². The molecular formula is C16H25NO. The van der Waals surface area contributed by atoms with Crippen LogP contribution in [0.2, 0.25) is 0 Å². The molecule has 0 aromatic carbocycles. The summed E-state index contributed by atoms with van der Waals surface area (Å²) in [7, 11) is 0. The maximum absolute atomic E-state index is 12.1. The van der Waals surface area contributed by atoms with Gasteiger partial charge in [-0.1, -0.05) is 40.0 Å². The van der Waals surface area contributed by atoms with E-state index in [-0.39, 0.29) is 5.41 Å². The molecule has 2 rings (SSSR count). The van der Waals surface area contributed by atoms with E-state index >= 15 is 0 Å². The molecule has 0 N–H and O–H groups in total. The van der Waals surface area contributed by atoms with Crippen molar-refractivity contribution in [2.45, 2.75) is 65.8 Å². The number of aryl methyl sites for hydroxylation is 1. The molecule has 0 saturated heterocycles. The van der Waals surface area contributed by atoms with E-state index in [1.165, 1.54) is 31.4 Å². The van der Waals surface area contributed by atoms with Crippen LogP contribution in [0.25, 0.3) is 0 Å². The summed E-state index contributed by atoms with van der Waals surface area (Å²) in [6.07, 6.45) is 8.94. The third-order valence-electron chi connectivity index (χ3n) is 3.92. The molecule has 0 aliphatic heterocycles. The summed E-state index contributed by atoms with van der Waals surface area (Å²) in [5.74, 6) is 0.327. The highest BCUT2D eigenvalue weighted by Crippen LogP contribution is 2.35. The number of hydrogen-bond acceptors (Lipinski definition) is 1. The van der Waals surface area contributed by atoms with E-state index in [2.05, 4.69) is 31.5 Å². The van der Waals surface area contributed by atoms with Crippen LogP contribution in [0.5, 0.6) is 0 Å². The highest BCUT2D eigenvalue weighted by molar-refractivity contribution is 5.98. The van der Waals surface area contributed by atoms with E-state index in [4.69, 9.17) is 0 Å². The first-order chi connectivity index (χ1) is 8.53. The standard InChI is InChI=1S/C16H25NO/c1-4-5-6-7-9-17-10-8-13-14(17)11-16(2,3)12-15(13)18/h8,10H,4-7,9,11-12H2,1-3H3. The number of nitrogens with zero attached hydrogens (tertiary/aromatic N) is 1. The molecule has 2 nitrogen and oxygen atoms in total. The van der Waals surface area contributed by atoms with Crippen molar-refractivity contribution in [2.24, 2.45) is 5.41 Å². The zero-order chi connectivity index (χ0) is 13.2. The molecule has 18 heavy (non-hydrogen) atoms. The van der Waals surface area contributed by atoms with Gasteiger partial charge >= 0.3 is 0 Å². The minimum atomic E-state index is 0.129. The third kappa shape index (κ3) is 2.85. The van der Waals surface area contributed by atoms with Crippen molar-refractivity contribution < 1.29 is 4.79 Å². The van der Waals surface area contributed by atoms with Crippen LogP contribution in [0.4, 0.5) is 0 Å². The molecule has 0 atom stereocenters. The van der Waals surface area contributed by atoms with Crippen molar-refractivity contribution in [2.75, 3.05) is 0 Å². The average molecular weight is 247 g/mol. The summed E-state index contributed by atoms with van der Waals surface area (Å²) in [5, 5.41) is 0. The molecular weight excluding hydrogens is 222 g/mol. The van der Waals surface area contributed by atoms with Crippen LogP contribution < -0.4 is 0 Å². The highest BCUT2D eigenvalue weighted by Gasteiger charge is 2.32. The number of carbonyl (C=O) groups excluding carboxylic acids is 1. The van der Waals surface area contributed by atoms with Crippen molar-refractivity contribution in [1.82, 2.24) is 4.57 Å². The van der Waals surface area contributed by atoms with Crippen LogP contribution in [-0.4, -0.2) is 10.4 Å². The second kappa shape index (κ2) is 5.29. The highest BCUT2D eigenvalue weighted by atomic mass is 16.1. The summed E-state index contributed by atoms with van der Waals surface area (Å²) in [4.78, 5) is 12.1. The second-order valence-electron chi connectivity index (χ2n) is 6.37. The Morgan fingerprint density at radius 2 is 2.00 bits per heavy atom. The Bertz CT molecular complexity index is 428. The van der Waals surface area contributed by atoms with E-state index in [1.54, 1.807) is 0 Å². The van der Waals surface area contributed by atoms with E-state index in [0.717, 1.165) is 18.5 Å².